The lowest BCUT2D eigenvalue weighted by Crippen LogP contribution is -2.33. The smallest absolute Gasteiger partial charge is 0.0944 e. The minimum Gasteiger partial charge on any atom is -0.387 e. The average molecular weight is 269 g/mol. The summed E-state index contributed by atoms with van der Waals surface area (Å²) in [6.45, 7) is 0. The van der Waals surface area contributed by atoms with Crippen LogP contribution >= 0.6 is 35.6 Å². The predicted molar refractivity (Wildman–Crippen MR) is 65.0 cm³/mol. The molecule has 5 heteroatoms. The molecule has 0 spiro atoms. The Morgan fingerprint density at radius 1 is 1.33 bits per heavy atom. The van der Waals surface area contributed by atoms with E-state index in [-0.39, 0.29) is 18.4 Å². The Balaban J connectivity index is 0.00000112. The second-order valence-corrected chi connectivity index (χ2v) is 4.45. The quantitative estimate of drug-likeness (QED) is 0.760. The fraction of sp³-hybridized carbons (Fsp3) is 0.400. The zero-order valence-corrected chi connectivity index (χ0v) is 10.2. The molecule has 1 aliphatic carbocycles. The summed E-state index contributed by atoms with van der Waals surface area (Å²) < 4.78 is 0. The van der Waals surface area contributed by atoms with Crippen molar-refractivity contribution in [2.24, 2.45) is 5.73 Å². The molecule has 15 heavy (non-hydrogen) atoms. The van der Waals surface area contributed by atoms with Crippen LogP contribution in [0, 0.1) is 0 Å². The number of hydrogen-bond acceptors (Lipinski definition) is 2. The molecule has 0 saturated carbocycles. The maximum absolute atomic E-state index is 9.84. The second kappa shape index (κ2) is 4.89. The van der Waals surface area contributed by atoms with Crippen molar-refractivity contribution < 1.29 is 5.11 Å². The third-order valence-electron chi connectivity index (χ3n) is 2.65. The number of benzene rings is 1. The van der Waals surface area contributed by atoms with E-state index in [1.54, 1.807) is 12.1 Å². The first-order valence-electron chi connectivity index (χ1n) is 4.51. The molecule has 1 aromatic carbocycles. The van der Waals surface area contributed by atoms with Crippen molar-refractivity contribution in [1.29, 1.82) is 0 Å². The standard InChI is InChI=1S/C10H11Cl2NO.ClH/c11-5-3-7-6(8(12)4-5)1-2-9(13)10(7)14;/h3-4,9-10,14H,1-2,13H2;1H. The van der Waals surface area contributed by atoms with Gasteiger partial charge in [-0.2, -0.15) is 0 Å². The summed E-state index contributed by atoms with van der Waals surface area (Å²) in [4.78, 5) is 0. The van der Waals surface area contributed by atoms with Gasteiger partial charge in [0.05, 0.1) is 6.10 Å². The van der Waals surface area contributed by atoms with Gasteiger partial charge in [0.2, 0.25) is 0 Å². The number of rotatable bonds is 0. The molecule has 2 unspecified atom stereocenters. The van der Waals surface area contributed by atoms with Crippen LogP contribution < -0.4 is 5.73 Å². The van der Waals surface area contributed by atoms with Crippen molar-refractivity contribution in [1.82, 2.24) is 0 Å². The van der Waals surface area contributed by atoms with Gasteiger partial charge < -0.3 is 10.8 Å². The fourth-order valence-corrected chi connectivity index (χ4v) is 2.45. The maximum atomic E-state index is 9.84. The van der Waals surface area contributed by atoms with Crippen LogP contribution in [0.5, 0.6) is 0 Å². The van der Waals surface area contributed by atoms with E-state index in [1.807, 2.05) is 0 Å². The number of aliphatic hydroxyl groups excluding tert-OH is 1. The molecule has 0 amide bonds. The number of nitrogens with two attached hydrogens (primary N) is 1. The van der Waals surface area contributed by atoms with E-state index in [0.29, 0.717) is 10.0 Å². The van der Waals surface area contributed by atoms with Crippen LogP contribution in [-0.4, -0.2) is 11.1 Å². The van der Waals surface area contributed by atoms with Crippen molar-refractivity contribution in [3.63, 3.8) is 0 Å². The number of fused-ring (bicyclic) bond motifs is 1. The molecule has 2 rings (SSSR count). The van der Waals surface area contributed by atoms with Gasteiger partial charge in [0.25, 0.3) is 0 Å². The SMILES string of the molecule is Cl.NC1CCc2c(Cl)cc(Cl)cc2C1O. The lowest BCUT2D eigenvalue weighted by molar-refractivity contribution is 0.134. The van der Waals surface area contributed by atoms with E-state index in [1.165, 1.54) is 0 Å². The van der Waals surface area contributed by atoms with Crippen LogP contribution in [-0.2, 0) is 6.42 Å². The normalized spacial score (nSPS) is 24.3. The highest BCUT2D eigenvalue weighted by Crippen LogP contribution is 2.35. The summed E-state index contributed by atoms with van der Waals surface area (Å²) in [7, 11) is 0. The van der Waals surface area contributed by atoms with Crippen LogP contribution in [0.4, 0.5) is 0 Å². The minimum atomic E-state index is -0.644. The van der Waals surface area contributed by atoms with Gasteiger partial charge in [-0.05, 0) is 36.1 Å². The molecule has 2 atom stereocenters. The molecule has 3 N–H and O–H groups in total. The van der Waals surface area contributed by atoms with Gasteiger partial charge in [-0.25, -0.2) is 0 Å². The molecule has 0 saturated heterocycles. The van der Waals surface area contributed by atoms with Crippen LogP contribution in [0.15, 0.2) is 12.1 Å². The first-order chi connectivity index (χ1) is 6.59. The van der Waals surface area contributed by atoms with Crippen LogP contribution in [0.25, 0.3) is 0 Å². The summed E-state index contributed by atoms with van der Waals surface area (Å²) in [5.41, 5.74) is 7.51. The van der Waals surface area contributed by atoms with Crippen LogP contribution in [0.1, 0.15) is 23.7 Å². The van der Waals surface area contributed by atoms with Crippen LogP contribution in [0.3, 0.4) is 0 Å². The predicted octanol–water partition coefficient (Wildman–Crippen LogP) is 2.72. The fourth-order valence-electron chi connectivity index (χ4n) is 1.85. The van der Waals surface area contributed by atoms with E-state index in [2.05, 4.69) is 0 Å². The van der Waals surface area contributed by atoms with Gasteiger partial charge in [0, 0.05) is 16.1 Å². The average Bonchev–Trinajstić information content (AvgIpc) is 2.12. The van der Waals surface area contributed by atoms with Crippen molar-refractivity contribution >= 4 is 35.6 Å². The summed E-state index contributed by atoms with van der Waals surface area (Å²) >= 11 is 11.9. The Labute approximate surface area is 105 Å². The molecule has 0 aromatic heterocycles. The van der Waals surface area contributed by atoms with Crippen LogP contribution in [0.2, 0.25) is 10.0 Å². The third kappa shape index (κ3) is 2.40. The zero-order chi connectivity index (χ0) is 10.3. The highest BCUT2D eigenvalue weighted by Gasteiger charge is 2.26. The van der Waals surface area contributed by atoms with Gasteiger partial charge in [0.1, 0.15) is 0 Å². The third-order valence-corrected chi connectivity index (χ3v) is 3.20. The minimum absolute atomic E-state index is 0. The van der Waals surface area contributed by atoms with E-state index in [0.717, 1.165) is 24.0 Å². The second-order valence-electron chi connectivity index (χ2n) is 3.60. The molecular weight excluding hydrogens is 256 g/mol. The number of hydrogen-bond donors (Lipinski definition) is 2. The lowest BCUT2D eigenvalue weighted by atomic mass is 9.86. The van der Waals surface area contributed by atoms with Crippen molar-refractivity contribution in [3.05, 3.63) is 33.3 Å². The molecule has 0 heterocycles. The topological polar surface area (TPSA) is 46.2 Å². The summed E-state index contributed by atoms with van der Waals surface area (Å²) in [5, 5.41) is 11.0. The molecule has 0 radical (unpaired) electrons. The Kier molecular flexibility index (Phi) is 4.27. The maximum Gasteiger partial charge on any atom is 0.0944 e. The van der Waals surface area contributed by atoms with E-state index in [9.17, 15) is 5.11 Å². The van der Waals surface area contributed by atoms with E-state index < -0.39 is 6.10 Å². The van der Waals surface area contributed by atoms with Gasteiger partial charge in [-0.1, -0.05) is 23.2 Å². The van der Waals surface area contributed by atoms with Gasteiger partial charge in [-0.3, -0.25) is 0 Å². The summed E-state index contributed by atoms with van der Waals surface area (Å²) in [6.07, 6.45) is 0.925. The molecule has 0 bridgehead atoms. The molecule has 0 aliphatic heterocycles. The monoisotopic (exact) mass is 267 g/mol. The van der Waals surface area contributed by atoms with Gasteiger partial charge >= 0.3 is 0 Å². The Morgan fingerprint density at radius 2 is 2.00 bits per heavy atom. The Hall–Kier alpha value is 0.01000. The molecule has 2 nitrogen and oxygen atoms in total. The zero-order valence-electron chi connectivity index (χ0n) is 7.91. The number of aliphatic hydroxyl groups is 1. The van der Waals surface area contributed by atoms with E-state index >= 15 is 0 Å². The summed E-state index contributed by atoms with van der Waals surface area (Å²) in [5.74, 6) is 0. The highest BCUT2D eigenvalue weighted by molar-refractivity contribution is 6.35. The van der Waals surface area contributed by atoms with Gasteiger partial charge in [0.15, 0.2) is 0 Å². The van der Waals surface area contributed by atoms with Crippen molar-refractivity contribution in [2.45, 2.75) is 25.0 Å². The number of halogens is 3. The highest BCUT2D eigenvalue weighted by atomic mass is 35.5. The first-order valence-corrected chi connectivity index (χ1v) is 5.26. The van der Waals surface area contributed by atoms with E-state index in [4.69, 9.17) is 28.9 Å². The van der Waals surface area contributed by atoms with Crippen molar-refractivity contribution in [2.75, 3.05) is 0 Å². The molecule has 1 aromatic rings. The Bertz CT molecular complexity index is 370. The molecule has 1 aliphatic rings. The molecular formula is C10H12Cl3NO. The summed E-state index contributed by atoms with van der Waals surface area (Å²) in [6, 6.07) is 3.23. The molecule has 0 fully saturated rings. The Morgan fingerprint density at radius 3 is 2.67 bits per heavy atom. The lowest BCUT2D eigenvalue weighted by Gasteiger charge is -2.28. The van der Waals surface area contributed by atoms with Crippen molar-refractivity contribution in [3.8, 4) is 0 Å². The molecule has 84 valence electrons. The van der Waals surface area contributed by atoms with Gasteiger partial charge in [-0.15, -0.1) is 12.4 Å². The first kappa shape index (κ1) is 13.1. The largest absolute Gasteiger partial charge is 0.387 e.